The summed E-state index contributed by atoms with van der Waals surface area (Å²) in [5, 5.41) is 16.6. The summed E-state index contributed by atoms with van der Waals surface area (Å²) in [6, 6.07) is 42.2. The molecule has 1 unspecified atom stereocenters. The minimum atomic E-state index is -1.81. The third-order valence-electron chi connectivity index (χ3n) is 15.5. The SMILES string of the molecule is C=CCOc1nc(N[C@@H]2c3c(ccc4ccc5ccccc5c34)[C@@H](OC(C)=O)[C@H](OC(C)=O)[C@@H]2OC(C)=O)nc2c1ncn2[C@H]1C[C@H](OP(OCCC#N)N(C(C)C)C(C)C)[C@@H](COC(c2ccccc2)(c2ccc(OC)cc2)c2ccc(OC)cc2)O1. The first kappa shape index (κ1) is 62.5. The molecule has 2 aromatic heterocycles. The van der Waals surface area contributed by atoms with Crippen molar-refractivity contribution in [3.8, 4) is 23.4 Å². The molecule has 0 radical (unpaired) electrons. The second-order valence-corrected chi connectivity index (χ2v) is 23.3. The standard InChI is InChI=1S/C67H72N7O13P/c1-11-35-80-65-60-64(71-66(72-65)70-59-58-53(33-24-46-23-22-45-18-15-16-21-52(45)57(46)58)61(83-42(6)75)63(85-44(8)77)62(59)84-43(7)76)73(39-69-60)56-37-54(87-88(82-36-17-34-68)74(40(2)3)41(4)5)55(86-56)38-81-67(47-19-13-12-14-20-47,48-25-29-50(78-9)30-26-48)49-27-31-51(79-10)32-28-49/h11-16,18-33,39-41,54-56,59,61-63H,1,17,35-38H2,2-10H3,(H,70,71,72)/t54-,55+,56+,59+,61+,62+,63-,88?/m0/s1. The topological polar surface area (TPSA) is 226 Å². The Labute approximate surface area is 512 Å². The van der Waals surface area contributed by atoms with Gasteiger partial charge in [0.2, 0.25) is 11.8 Å². The van der Waals surface area contributed by atoms with Crippen LogP contribution in [0.15, 0.2) is 146 Å². The van der Waals surface area contributed by atoms with Gasteiger partial charge in [0.15, 0.2) is 29.5 Å². The Bertz CT molecular complexity index is 3770. The highest BCUT2D eigenvalue weighted by Crippen LogP contribution is 2.52. The lowest BCUT2D eigenvalue weighted by Crippen LogP contribution is -2.50. The largest absolute Gasteiger partial charge is 0.497 e. The molecule has 0 saturated carbocycles. The van der Waals surface area contributed by atoms with Crippen molar-refractivity contribution >= 4 is 65.1 Å². The lowest BCUT2D eigenvalue weighted by atomic mass is 9.77. The van der Waals surface area contributed by atoms with E-state index >= 15 is 0 Å². The predicted octanol–water partition coefficient (Wildman–Crippen LogP) is 12.3. The number of ether oxygens (including phenoxy) is 8. The van der Waals surface area contributed by atoms with Crippen molar-refractivity contribution in [2.45, 2.75) is 122 Å². The van der Waals surface area contributed by atoms with Gasteiger partial charge in [0.05, 0.1) is 58.4 Å². The Kier molecular flexibility index (Phi) is 19.6. The maximum Gasteiger partial charge on any atom is 0.303 e. The average Bonchev–Trinajstić information content (AvgIpc) is 1.02. The van der Waals surface area contributed by atoms with E-state index in [4.69, 9.17) is 61.9 Å². The second-order valence-electron chi connectivity index (χ2n) is 21.9. The number of imidazole rings is 1. The summed E-state index contributed by atoms with van der Waals surface area (Å²) < 4.78 is 68.4. The first-order chi connectivity index (χ1) is 42.6. The Morgan fingerprint density at radius 3 is 2.03 bits per heavy atom. The molecule has 0 spiro atoms. The van der Waals surface area contributed by atoms with Gasteiger partial charge in [-0.25, -0.2) is 9.65 Å². The highest BCUT2D eigenvalue weighted by atomic mass is 31.2. The van der Waals surface area contributed by atoms with Crippen LogP contribution in [0.5, 0.6) is 17.4 Å². The van der Waals surface area contributed by atoms with Crippen molar-refractivity contribution in [1.82, 2.24) is 24.2 Å². The Hall–Kier alpha value is -8.54. The molecule has 1 fully saturated rings. The minimum Gasteiger partial charge on any atom is -0.497 e. The monoisotopic (exact) mass is 1210 g/mol. The van der Waals surface area contributed by atoms with E-state index in [0.717, 1.165) is 38.2 Å². The van der Waals surface area contributed by atoms with Gasteiger partial charge in [-0.1, -0.05) is 116 Å². The molecule has 88 heavy (non-hydrogen) atoms. The van der Waals surface area contributed by atoms with E-state index < -0.39 is 74.8 Å². The summed E-state index contributed by atoms with van der Waals surface area (Å²) in [7, 11) is 1.44. The number of nitrogens with one attached hydrogen (secondary N) is 1. The van der Waals surface area contributed by atoms with Crippen LogP contribution in [0, 0.1) is 11.3 Å². The van der Waals surface area contributed by atoms with E-state index in [1.807, 2.05) is 127 Å². The van der Waals surface area contributed by atoms with Crippen molar-refractivity contribution in [1.29, 1.82) is 5.26 Å². The number of esters is 3. The van der Waals surface area contributed by atoms with Gasteiger partial charge in [0, 0.05) is 44.8 Å². The number of anilines is 1. The minimum absolute atomic E-state index is 0.00222. The zero-order chi connectivity index (χ0) is 62.2. The molecule has 1 aliphatic carbocycles. The van der Waals surface area contributed by atoms with Crippen LogP contribution in [-0.2, 0) is 52.7 Å². The number of methoxy groups -OCH3 is 2. The van der Waals surface area contributed by atoms with E-state index in [0.29, 0.717) is 22.6 Å². The van der Waals surface area contributed by atoms with Crippen LogP contribution in [0.3, 0.4) is 0 Å². The Morgan fingerprint density at radius 2 is 1.41 bits per heavy atom. The Morgan fingerprint density at radius 1 is 0.795 bits per heavy atom. The average molecular weight is 1210 g/mol. The number of carbonyl (C=O) groups is 3. The second kappa shape index (κ2) is 27.7. The van der Waals surface area contributed by atoms with Gasteiger partial charge in [0.25, 0.3) is 8.53 Å². The molecule has 20 nitrogen and oxygen atoms in total. The fourth-order valence-corrected chi connectivity index (χ4v) is 13.7. The lowest BCUT2D eigenvalue weighted by molar-refractivity contribution is -0.187. The van der Waals surface area contributed by atoms with Crippen LogP contribution in [0.2, 0.25) is 0 Å². The molecule has 10 rings (SSSR count). The quantitative estimate of drug-likeness (QED) is 0.0107. The summed E-state index contributed by atoms with van der Waals surface area (Å²) in [5.74, 6) is -0.620. The first-order valence-corrected chi connectivity index (χ1v) is 30.3. The molecule has 3 heterocycles. The fraction of sp³-hybridized carbons (Fsp3) is 0.358. The maximum atomic E-state index is 13.4. The van der Waals surface area contributed by atoms with Gasteiger partial charge in [-0.15, -0.1) is 0 Å². The zero-order valence-electron chi connectivity index (χ0n) is 50.7. The number of carbonyl (C=O) groups excluding carboxylic acids is 3. The molecule has 458 valence electrons. The maximum absolute atomic E-state index is 13.4. The number of rotatable bonds is 25. The van der Waals surface area contributed by atoms with Gasteiger partial charge in [-0.3, -0.25) is 19.0 Å². The molecular formula is C67H72N7O13P. The van der Waals surface area contributed by atoms with Crippen molar-refractivity contribution in [3.05, 3.63) is 174 Å². The van der Waals surface area contributed by atoms with E-state index in [1.54, 1.807) is 31.2 Å². The third-order valence-corrected chi connectivity index (χ3v) is 17.6. The fourth-order valence-electron chi connectivity index (χ4n) is 11.9. The van der Waals surface area contributed by atoms with Crippen LogP contribution in [0.4, 0.5) is 5.95 Å². The first-order valence-electron chi connectivity index (χ1n) is 29.2. The highest BCUT2D eigenvalue weighted by Gasteiger charge is 2.51. The number of nitrogens with zero attached hydrogens (tertiary/aromatic N) is 6. The predicted molar refractivity (Wildman–Crippen MR) is 331 cm³/mol. The smallest absolute Gasteiger partial charge is 0.303 e. The van der Waals surface area contributed by atoms with Crippen LogP contribution in [0.1, 0.15) is 107 Å². The lowest BCUT2D eigenvalue weighted by Gasteiger charge is -2.42. The van der Waals surface area contributed by atoms with Crippen LogP contribution in [0.25, 0.3) is 32.7 Å². The molecular weight excluding hydrogens is 1140 g/mol. The number of fused-ring (bicyclic) bond motifs is 6. The summed E-state index contributed by atoms with van der Waals surface area (Å²) >= 11 is 0. The molecule has 1 saturated heterocycles. The molecule has 8 aromatic rings. The Balaban J connectivity index is 1.12. The van der Waals surface area contributed by atoms with E-state index in [-0.39, 0.29) is 67.7 Å². The number of nitriles is 1. The summed E-state index contributed by atoms with van der Waals surface area (Å²) in [6.07, 6.45) is -2.64. The molecule has 0 bridgehead atoms. The molecule has 1 N–H and O–H groups in total. The number of aromatic nitrogens is 4. The molecule has 6 aromatic carbocycles. The summed E-state index contributed by atoms with van der Waals surface area (Å²) in [6.45, 7) is 16.1. The van der Waals surface area contributed by atoms with Gasteiger partial charge < -0.3 is 52.3 Å². The van der Waals surface area contributed by atoms with Crippen molar-refractivity contribution in [2.24, 2.45) is 0 Å². The van der Waals surface area contributed by atoms with Gasteiger partial charge in [0.1, 0.15) is 36.0 Å². The highest BCUT2D eigenvalue weighted by molar-refractivity contribution is 7.44. The van der Waals surface area contributed by atoms with E-state index in [1.165, 1.54) is 20.8 Å². The van der Waals surface area contributed by atoms with Crippen molar-refractivity contribution < 1.29 is 61.3 Å². The molecule has 8 atom stereocenters. The van der Waals surface area contributed by atoms with Gasteiger partial charge in [-0.05, 0) is 95.8 Å². The van der Waals surface area contributed by atoms with E-state index in [2.05, 4.69) is 50.3 Å². The van der Waals surface area contributed by atoms with Crippen molar-refractivity contribution in [2.75, 3.05) is 39.4 Å². The normalized spacial score (nSPS) is 19.5. The van der Waals surface area contributed by atoms with Crippen molar-refractivity contribution in [3.63, 3.8) is 0 Å². The third kappa shape index (κ3) is 13.0. The number of hydrogen-bond donors (Lipinski definition) is 1. The van der Waals surface area contributed by atoms with Crippen LogP contribution < -0.4 is 19.5 Å². The molecule has 2 aliphatic rings. The van der Waals surface area contributed by atoms with Gasteiger partial charge >= 0.3 is 17.9 Å². The molecule has 0 amide bonds. The molecule has 21 heteroatoms. The van der Waals surface area contributed by atoms with E-state index in [9.17, 15) is 19.6 Å². The number of hydrogen-bond acceptors (Lipinski definition) is 19. The van der Waals surface area contributed by atoms with Gasteiger partial charge in [-0.2, -0.15) is 15.2 Å². The summed E-state index contributed by atoms with van der Waals surface area (Å²) in [4.78, 5) is 54.5. The zero-order valence-corrected chi connectivity index (χ0v) is 51.5. The van der Waals surface area contributed by atoms with Crippen LogP contribution >= 0.6 is 8.53 Å². The summed E-state index contributed by atoms with van der Waals surface area (Å²) in [5.41, 5.74) is 2.89. The van der Waals surface area contributed by atoms with Crippen LogP contribution in [-0.4, -0.2) is 113 Å². The number of benzene rings is 6. The molecule has 1 aliphatic heterocycles.